The number of carbonyl (C=O) groups is 2. The van der Waals surface area contributed by atoms with Crippen molar-refractivity contribution in [3.63, 3.8) is 0 Å². The number of halogens is 1. The Morgan fingerprint density at radius 3 is 2.50 bits per heavy atom. The number of nitrogens with one attached hydrogen (secondary N) is 1. The molecule has 1 unspecified atom stereocenters. The highest BCUT2D eigenvalue weighted by Gasteiger charge is 2.43. The van der Waals surface area contributed by atoms with Crippen LogP contribution < -0.4 is 5.32 Å². The number of rotatable bonds is 4. The maximum absolute atomic E-state index is 13.1. The van der Waals surface area contributed by atoms with Gasteiger partial charge in [0.1, 0.15) is 6.07 Å². The number of nitrogens with zero attached hydrogens (tertiary/aromatic N) is 1. The Bertz CT molecular complexity index is 1110. The van der Waals surface area contributed by atoms with E-state index < -0.39 is 23.4 Å². The third-order valence-electron chi connectivity index (χ3n) is 5.21. The molecule has 1 fully saturated rings. The van der Waals surface area contributed by atoms with Gasteiger partial charge >= 0.3 is 5.97 Å². The minimum atomic E-state index is -1.98. The molecule has 7 nitrogen and oxygen atoms in total. The van der Waals surface area contributed by atoms with Crippen LogP contribution in [0.3, 0.4) is 0 Å². The SMILES string of the molecule is COC(=O)c1ccc(C#CC(O)(C(=O)Nc2ccc(C#N)c(Cl)c2)C2CCOCC2)cc1. The van der Waals surface area contributed by atoms with Crippen LogP contribution in [0, 0.1) is 29.1 Å². The Balaban J connectivity index is 1.89. The van der Waals surface area contributed by atoms with Gasteiger partial charge in [0.25, 0.3) is 5.91 Å². The zero-order chi connectivity index (χ0) is 23.1. The monoisotopic (exact) mass is 452 g/mol. The van der Waals surface area contributed by atoms with Gasteiger partial charge in [-0.15, -0.1) is 0 Å². The molecular weight excluding hydrogens is 432 g/mol. The molecule has 1 aliphatic rings. The van der Waals surface area contributed by atoms with Gasteiger partial charge in [-0.2, -0.15) is 5.26 Å². The summed E-state index contributed by atoms with van der Waals surface area (Å²) in [4.78, 5) is 24.7. The van der Waals surface area contributed by atoms with E-state index in [1.807, 2.05) is 6.07 Å². The zero-order valence-corrected chi connectivity index (χ0v) is 18.1. The average Bonchev–Trinajstić information content (AvgIpc) is 2.83. The molecule has 0 aromatic heterocycles. The molecule has 32 heavy (non-hydrogen) atoms. The molecule has 8 heteroatoms. The Morgan fingerprint density at radius 2 is 1.91 bits per heavy atom. The molecule has 2 aromatic carbocycles. The van der Waals surface area contributed by atoms with E-state index >= 15 is 0 Å². The highest BCUT2D eigenvalue weighted by molar-refractivity contribution is 6.32. The first-order valence-corrected chi connectivity index (χ1v) is 10.3. The molecule has 0 aliphatic carbocycles. The molecule has 1 aliphatic heterocycles. The van der Waals surface area contributed by atoms with Crippen LogP contribution in [0.15, 0.2) is 42.5 Å². The van der Waals surface area contributed by atoms with E-state index in [0.717, 1.165) is 0 Å². The van der Waals surface area contributed by atoms with Crippen LogP contribution in [0.5, 0.6) is 0 Å². The molecule has 2 aromatic rings. The second-order valence-corrected chi connectivity index (χ2v) is 7.64. The lowest BCUT2D eigenvalue weighted by molar-refractivity contribution is -0.136. The number of hydrogen-bond donors (Lipinski definition) is 2. The number of carbonyl (C=O) groups excluding carboxylic acids is 2. The van der Waals surface area contributed by atoms with Crippen molar-refractivity contribution in [2.45, 2.75) is 18.4 Å². The predicted octanol–water partition coefficient (Wildman–Crippen LogP) is 3.15. The summed E-state index contributed by atoms with van der Waals surface area (Å²) in [6, 6.07) is 12.8. The third-order valence-corrected chi connectivity index (χ3v) is 5.52. The Morgan fingerprint density at radius 1 is 1.22 bits per heavy atom. The minimum Gasteiger partial charge on any atom is -0.465 e. The molecule has 3 rings (SSSR count). The number of esters is 1. The first-order chi connectivity index (χ1) is 15.4. The van der Waals surface area contributed by atoms with Gasteiger partial charge in [-0.05, 0) is 55.3 Å². The number of methoxy groups -OCH3 is 1. The maximum atomic E-state index is 13.1. The molecule has 1 saturated heterocycles. The minimum absolute atomic E-state index is 0.191. The van der Waals surface area contributed by atoms with E-state index in [1.54, 1.807) is 24.3 Å². The van der Waals surface area contributed by atoms with E-state index in [2.05, 4.69) is 21.9 Å². The number of nitriles is 1. The molecule has 2 N–H and O–H groups in total. The van der Waals surface area contributed by atoms with Crippen molar-refractivity contribution in [3.05, 3.63) is 64.2 Å². The predicted molar refractivity (Wildman–Crippen MR) is 118 cm³/mol. The number of hydrogen-bond acceptors (Lipinski definition) is 6. The first-order valence-electron chi connectivity index (χ1n) is 9.90. The van der Waals surface area contributed by atoms with E-state index in [1.165, 1.54) is 25.3 Å². The molecule has 0 radical (unpaired) electrons. The van der Waals surface area contributed by atoms with Crippen LogP contribution in [0.4, 0.5) is 5.69 Å². The fourth-order valence-electron chi connectivity index (χ4n) is 3.34. The van der Waals surface area contributed by atoms with Crippen molar-refractivity contribution in [1.82, 2.24) is 0 Å². The molecule has 1 amide bonds. The normalized spacial score (nSPS) is 15.4. The zero-order valence-electron chi connectivity index (χ0n) is 17.4. The van der Waals surface area contributed by atoms with Gasteiger partial charge in [0, 0.05) is 30.4 Å². The number of benzene rings is 2. The van der Waals surface area contributed by atoms with Gasteiger partial charge in [-0.1, -0.05) is 23.4 Å². The summed E-state index contributed by atoms with van der Waals surface area (Å²) in [7, 11) is 1.30. The van der Waals surface area contributed by atoms with Gasteiger partial charge in [-0.25, -0.2) is 4.79 Å². The van der Waals surface area contributed by atoms with Crippen molar-refractivity contribution in [3.8, 4) is 17.9 Å². The fourth-order valence-corrected chi connectivity index (χ4v) is 3.57. The molecule has 164 valence electrons. The summed E-state index contributed by atoms with van der Waals surface area (Å²) in [6.45, 7) is 0.830. The maximum Gasteiger partial charge on any atom is 0.337 e. The summed E-state index contributed by atoms with van der Waals surface area (Å²) in [6.07, 6.45) is 0.933. The highest BCUT2D eigenvalue weighted by atomic mass is 35.5. The highest BCUT2D eigenvalue weighted by Crippen LogP contribution is 2.29. The van der Waals surface area contributed by atoms with Gasteiger partial charge in [-0.3, -0.25) is 4.79 Å². The Labute approximate surface area is 190 Å². The van der Waals surface area contributed by atoms with Crippen LogP contribution in [-0.2, 0) is 14.3 Å². The summed E-state index contributed by atoms with van der Waals surface area (Å²) in [5.41, 5.74) is -0.468. The molecule has 0 bridgehead atoms. The standard InChI is InChI=1S/C24H21ClN2O5/c1-31-22(28)17-4-2-16(3-5-17)8-11-24(30,19-9-12-32-13-10-19)23(29)27-20-7-6-18(15-26)21(25)14-20/h2-7,14,19,30H,9-10,12-13H2,1H3,(H,27,29). The van der Waals surface area contributed by atoms with E-state index in [0.29, 0.717) is 42.9 Å². The van der Waals surface area contributed by atoms with Crippen LogP contribution in [-0.4, -0.2) is 42.9 Å². The van der Waals surface area contributed by atoms with Gasteiger partial charge in [0.15, 0.2) is 0 Å². The second-order valence-electron chi connectivity index (χ2n) is 7.23. The van der Waals surface area contributed by atoms with Gasteiger partial charge in [0.05, 0.1) is 23.3 Å². The lowest BCUT2D eigenvalue weighted by Crippen LogP contribution is -2.50. The fraction of sp³-hybridized carbons (Fsp3) is 0.292. The average molecular weight is 453 g/mol. The first kappa shape index (κ1) is 23.3. The number of ether oxygens (including phenoxy) is 2. The summed E-state index contributed by atoms with van der Waals surface area (Å²) < 4.78 is 10.0. The molecule has 0 spiro atoms. The second kappa shape index (κ2) is 10.3. The molecular formula is C24H21ClN2O5. The number of amides is 1. The van der Waals surface area contributed by atoms with Crippen LogP contribution in [0.1, 0.15) is 34.3 Å². The lowest BCUT2D eigenvalue weighted by atomic mass is 9.81. The lowest BCUT2D eigenvalue weighted by Gasteiger charge is -2.33. The van der Waals surface area contributed by atoms with Crippen molar-refractivity contribution in [1.29, 1.82) is 5.26 Å². The van der Waals surface area contributed by atoms with Crippen molar-refractivity contribution >= 4 is 29.2 Å². The topological polar surface area (TPSA) is 109 Å². The summed E-state index contributed by atoms with van der Waals surface area (Å²) >= 11 is 6.05. The van der Waals surface area contributed by atoms with Crippen LogP contribution in [0.2, 0.25) is 5.02 Å². The van der Waals surface area contributed by atoms with Crippen LogP contribution >= 0.6 is 11.6 Å². The van der Waals surface area contributed by atoms with Crippen molar-refractivity contribution in [2.75, 3.05) is 25.6 Å². The van der Waals surface area contributed by atoms with Crippen LogP contribution in [0.25, 0.3) is 0 Å². The molecule has 1 atom stereocenters. The van der Waals surface area contributed by atoms with Gasteiger partial charge in [0.2, 0.25) is 5.60 Å². The summed E-state index contributed by atoms with van der Waals surface area (Å²) in [5.74, 6) is 3.98. The molecule has 0 saturated carbocycles. The number of anilines is 1. The van der Waals surface area contributed by atoms with Gasteiger partial charge < -0.3 is 19.9 Å². The third kappa shape index (κ3) is 5.27. The Kier molecular flexibility index (Phi) is 7.50. The smallest absolute Gasteiger partial charge is 0.337 e. The molecule has 1 heterocycles. The van der Waals surface area contributed by atoms with Crippen molar-refractivity contribution in [2.24, 2.45) is 5.92 Å². The Hall–Kier alpha value is -3.36. The summed E-state index contributed by atoms with van der Waals surface area (Å²) in [5, 5.41) is 23.2. The van der Waals surface area contributed by atoms with Crippen molar-refractivity contribution < 1.29 is 24.2 Å². The van der Waals surface area contributed by atoms with E-state index in [-0.39, 0.29) is 10.6 Å². The van der Waals surface area contributed by atoms with E-state index in [4.69, 9.17) is 21.6 Å². The quantitative estimate of drug-likeness (QED) is 0.545. The number of aliphatic hydroxyl groups is 1. The largest absolute Gasteiger partial charge is 0.465 e. The van der Waals surface area contributed by atoms with E-state index in [9.17, 15) is 14.7 Å².